The maximum atomic E-state index is 5.48. The van der Waals surface area contributed by atoms with Crippen molar-refractivity contribution in [3.05, 3.63) is 11.4 Å². The topological polar surface area (TPSA) is 67.1 Å². The van der Waals surface area contributed by atoms with Crippen molar-refractivity contribution in [1.82, 2.24) is 9.97 Å². The number of nitrogen functional groups attached to an aromatic ring is 1. The molecule has 0 amide bonds. The molecule has 0 spiro atoms. The van der Waals surface area contributed by atoms with Gasteiger partial charge in [0.2, 0.25) is 0 Å². The van der Waals surface area contributed by atoms with E-state index in [2.05, 4.69) is 27.2 Å². The van der Waals surface area contributed by atoms with Crippen LogP contribution in [0.5, 0.6) is 0 Å². The number of aromatic nitrogens is 2. The zero-order valence-corrected chi connectivity index (χ0v) is 9.95. The van der Waals surface area contributed by atoms with Gasteiger partial charge < -0.3 is 10.3 Å². The fraction of sp³-hybridized carbons (Fsp3) is 0.636. The zero-order chi connectivity index (χ0) is 11.5. The highest BCUT2D eigenvalue weighted by molar-refractivity contribution is 5.58. The number of rotatable bonds is 3. The molecule has 0 aromatic carbocycles. The smallest absolute Gasteiger partial charge is 0.148 e. The molecule has 1 fully saturated rings. The van der Waals surface area contributed by atoms with Crippen LogP contribution in [0.3, 0.4) is 0 Å². The summed E-state index contributed by atoms with van der Waals surface area (Å²) in [5.41, 5.74) is 3.70. The molecular weight excluding hydrogens is 202 g/mol. The van der Waals surface area contributed by atoms with Gasteiger partial charge in [-0.1, -0.05) is 6.92 Å². The van der Waals surface area contributed by atoms with Gasteiger partial charge in [-0.25, -0.2) is 15.8 Å². The molecule has 88 valence electrons. The number of nitrogens with two attached hydrogens (primary N) is 1. The van der Waals surface area contributed by atoms with Crippen LogP contribution in [0.25, 0.3) is 0 Å². The SMILES string of the molecule is CCc1nc(NN)c(C)c(N2CCCC2)n1. The maximum absolute atomic E-state index is 5.48. The van der Waals surface area contributed by atoms with Crippen LogP contribution in [0.2, 0.25) is 0 Å². The maximum Gasteiger partial charge on any atom is 0.148 e. The molecule has 2 rings (SSSR count). The Bertz CT molecular complexity index is 371. The molecule has 3 N–H and O–H groups in total. The summed E-state index contributed by atoms with van der Waals surface area (Å²) >= 11 is 0. The molecule has 5 heteroatoms. The first-order valence-electron chi connectivity index (χ1n) is 5.85. The van der Waals surface area contributed by atoms with Crippen molar-refractivity contribution in [2.24, 2.45) is 5.84 Å². The van der Waals surface area contributed by atoms with Crippen LogP contribution in [-0.2, 0) is 6.42 Å². The zero-order valence-electron chi connectivity index (χ0n) is 9.95. The van der Waals surface area contributed by atoms with Gasteiger partial charge in [0.1, 0.15) is 17.5 Å². The molecule has 16 heavy (non-hydrogen) atoms. The predicted octanol–water partition coefficient (Wildman–Crippen LogP) is 1.23. The highest BCUT2D eigenvalue weighted by atomic mass is 15.3. The molecule has 1 saturated heterocycles. The van der Waals surface area contributed by atoms with Crippen LogP contribution in [0.4, 0.5) is 11.6 Å². The third-order valence-corrected chi connectivity index (χ3v) is 3.02. The summed E-state index contributed by atoms with van der Waals surface area (Å²) in [6, 6.07) is 0. The van der Waals surface area contributed by atoms with Crippen LogP contribution in [0, 0.1) is 6.92 Å². The van der Waals surface area contributed by atoms with Gasteiger partial charge in [-0.2, -0.15) is 0 Å². The van der Waals surface area contributed by atoms with E-state index in [4.69, 9.17) is 5.84 Å². The summed E-state index contributed by atoms with van der Waals surface area (Å²) in [6.45, 7) is 6.25. The van der Waals surface area contributed by atoms with Gasteiger partial charge >= 0.3 is 0 Å². The summed E-state index contributed by atoms with van der Waals surface area (Å²) in [5, 5.41) is 0. The van der Waals surface area contributed by atoms with E-state index in [1.807, 2.05) is 6.92 Å². The average Bonchev–Trinajstić information content (AvgIpc) is 2.83. The third-order valence-electron chi connectivity index (χ3n) is 3.02. The second-order valence-electron chi connectivity index (χ2n) is 4.13. The van der Waals surface area contributed by atoms with Crippen LogP contribution >= 0.6 is 0 Å². The number of hydrogen-bond acceptors (Lipinski definition) is 5. The number of aryl methyl sites for hydroxylation is 1. The fourth-order valence-corrected chi connectivity index (χ4v) is 2.09. The first-order valence-corrected chi connectivity index (χ1v) is 5.85. The van der Waals surface area contributed by atoms with Crippen molar-refractivity contribution in [2.75, 3.05) is 23.4 Å². The Morgan fingerprint density at radius 2 is 2.00 bits per heavy atom. The lowest BCUT2D eigenvalue weighted by atomic mass is 10.2. The van der Waals surface area contributed by atoms with E-state index in [0.29, 0.717) is 0 Å². The highest BCUT2D eigenvalue weighted by Crippen LogP contribution is 2.26. The van der Waals surface area contributed by atoms with E-state index in [1.165, 1.54) is 12.8 Å². The molecule has 0 radical (unpaired) electrons. The molecule has 0 saturated carbocycles. The Morgan fingerprint density at radius 1 is 1.31 bits per heavy atom. The molecule has 1 aromatic rings. The van der Waals surface area contributed by atoms with E-state index >= 15 is 0 Å². The summed E-state index contributed by atoms with van der Waals surface area (Å²) in [7, 11) is 0. The fourth-order valence-electron chi connectivity index (χ4n) is 2.09. The number of nitrogens with one attached hydrogen (secondary N) is 1. The molecule has 0 bridgehead atoms. The van der Waals surface area contributed by atoms with Crippen molar-refractivity contribution in [2.45, 2.75) is 33.1 Å². The Balaban J connectivity index is 2.41. The molecule has 1 aliphatic rings. The second-order valence-corrected chi connectivity index (χ2v) is 4.13. The van der Waals surface area contributed by atoms with Crippen LogP contribution in [0.15, 0.2) is 0 Å². The van der Waals surface area contributed by atoms with Crippen molar-refractivity contribution < 1.29 is 0 Å². The third kappa shape index (κ3) is 1.95. The van der Waals surface area contributed by atoms with Gasteiger partial charge in [0, 0.05) is 25.1 Å². The molecule has 0 aliphatic carbocycles. The second kappa shape index (κ2) is 4.65. The number of hydrazine groups is 1. The van der Waals surface area contributed by atoms with E-state index in [-0.39, 0.29) is 0 Å². The van der Waals surface area contributed by atoms with Gasteiger partial charge in [-0.15, -0.1) is 0 Å². The quantitative estimate of drug-likeness (QED) is 0.593. The Morgan fingerprint density at radius 3 is 2.56 bits per heavy atom. The normalized spacial score (nSPS) is 15.6. The summed E-state index contributed by atoms with van der Waals surface area (Å²) in [4.78, 5) is 11.3. The van der Waals surface area contributed by atoms with Crippen LogP contribution in [-0.4, -0.2) is 23.1 Å². The highest BCUT2D eigenvalue weighted by Gasteiger charge is 2.18. The summed E-state index contributed by atoms with van der Waals surface area (Å²) in [5.74, 6) is 8.11. The Labute approximate surface area is 96.0 Å². The molecule has 1 aliphatic heterocycles. The minimum absolute atomic E-state index is 0.744. The Hall–Kier alpha value is -1.36. The molecule has 0 atom stereocenters. The van der Waals surface area contributed by atoms with Gasteiger partial charge in [0.25, 0.3) is 0 Å². The minimum Gasteiger partial charge on any atom is -0.356 e. The van der Waals surface area contributed by atoms with E-state index < -0.39 is 0 Å². The average molecular weight is 221 g/mol. The summed E-state index contributed by atoms with van der Waals surface area (Å²) < 4.78 is 0. The largest absolute Gasteiger partial charge is 0.356 e. The Kier molecular flexibility index (Phi) is 3.24. The van der Waals surface area contributed by atoms with Crippen molar-refractivity contribution in [1.29, 1.82) is 0 Å². The molecule has 5 nitrogen and oxygen atoms in total. The lowest BCUT2D eigenvalue weighted by Gasteiger charge is -2.20. The molecular formula is C11H19N5. The van der Waals surface area contributed by atoms with E-state index in [0.717, 1.165) is 42.5 Å². The van der Waals surface area contributed by atoms with Gasteiger partial charge in [-0.05, 0) is 19.8 Å². The molecule has 1 aromatic heterocycles. The molecule has 0 unspecified atom stereocenters. The first-order chi connectivity index (χ1) is 7.76. The first kappa shape index (κ1) is 11.1. The van der Waals surface area contributed by atoms with E-state index in [9.17, 15) is 0 Å². The van der Waals surface area contributed by atoms with Crippen LogP contribution < -0.4 is 16.2 Å². The van der Waals surface area contributed by atoms with Gasteiger partial charge in [0.05, 0.1) is 0 Å². The lowest BCUT2D eigenvalue weighted by molar-refractivity contribution is 0.867. The minimum atomic E-state index is 0.744. The van der Waals surface area contributed by atoms with Crippen molar-refractivity contribution in [3.8, 4) is 0 Å². The molecule has 2 heterocycles. The number of nitrogens with zero attached hydrogens (tertiary/aromatic N) is 3. The number of anilines is 2. The predicted molar refractivity (Wildman–Crippen MR) is 65.4 cm³/mol. The summed E-state index contributed by atoms with van der Waals surface area (Å²) in [6.07, 6.45) is 3.32. The van der Waals surface area contributed by atoms with Crippen molar-refractivity contribution >= 4 is 11.6 Å². The monoisotopic (exact) mass is 221 g/mol. The number of hydrogen-bond donors (Lipinski definition) is 2. The van der Waals surface area contributed by atoms with Gasteiger partial charge in [-0.3, -0.25) is 0 Å². The van der Waals surface area contributed by atoms with E-state index in [1.54, 1.807) is 0 Å². The lowest BCUT2D eigenvalue weighted by Crippen LogP contribution is -2.23. The van der Waals surface area contributed by atoms with Crippen molar-refractivity contribution in [3.63, 3.8) is 0 Å². The van der Waals surface area contributed by atoms with Crippen LogP contribution in [0.1, 0.15) is 31.2 Å². The standard InChI is InChI=1S/C11H19N5/c1-3-9-13-10(15-12)8(2)11(14-9)16-6-4-5-7-16/h3-7,12H2,1-2H3,(H,13,14,15). The van der Waals surface area contributed by atoms with Gasteiger partial charge in [0.15, 0.2) is 0 Å².